The fourth-order valence-corrected chi connectivity index (χ4v) is 4.83. The van der Waals surface area contributed by atoms with Crippen LogP contribution >= 0.6 is 11.3 Å². The predicted molar refractivity (Wildman–Crippen MR) is 86.6 cm³/mol. The van der Waals surface area contributed by atoms with Crippen LogP contribution in [0, 0.1) is 6.92 Å². The molecule has 0 radical (unpaired) electrons. The minimum atomic E-state index is -3.68. The van der Waals surface area contributed by atoms with Gasteiger partial charge in [0.25, 0.3) is 0 Å². The lowest BCUT2D eigenvalue weighted by Gasteiger charge is -2.22. The summed E-state index contributed by atoms with van der Waals surface area (Å²) >= 11 is 1.26. The van der Waals surface area contributed by atoms with E-state index in [-0.39, 0.29) is 10.8 Å². The number of anilines is 1. The van der Waals surface area contributed by atoms with Crippen LogP contribution in [0.25, 0.3) is 0 Å². The zero-order valence-corrected chi connectivity index (χ0v) is 14.1. The van der Waals surface area contributed by atoms with Crippen LogP contribution in [-0.4, -0.2) is 41.4 Å². The van der Waals surface area contributed by atoms with Gasteiger partial charge in [0, 0.05) is 6.54 Å². The molecule has 122 valence electrons. The van der Waals surface area contributed by atoms with Gasteiger partial charge in [-0.2, -0.15) is 4.31 Å². The van der Waals surface area contributed by atoms with Crippen molar-refractivity contribution in [3.8, 4) is 0 Å². The third kappa shape index (κ3) is 3.26. The molecule has 1 atom stereocenters. The Morgan fingerprint density at radius 3 is 2.70 bits per heavy atom. The molecule has 0 saturated carbocycles. The molecular weight excluding hydrogens is 336 g/mol. The Balaban J connectivity index is 1.81. The van der Waals surface area contributed by atoms with Crippen molar-refractivity contribution >= 4 is 32.4 Å². The lowest BCUT2D eigenvalue weighted by molar-refractivity contribution is -0.119. The number of aryl methyl sites for hydroxylation is 1. The second-order valence-electron chi connectivity index (χ2n) is 5.20. The predicted octanol–water partition coefficient (Wildman–Crippen LogP) is 1.64. The first-order valence-electron chi connectivity index (χ1n) is 7.16. The third-order valence-corrected chi connectivity index (χ3v) is 6.29. The van der Waals surface area contributed by atoms with E-state index in [0.29, 0.717) is 24.5 Å². The summed E-state index contributed by atoms with van der Waals surface area (Å²) in [5.41, 5.74) is 0. The normalized spacial score (nSPS) is 18.9. The molecule has 1 amide bonds. The number of hydrogen-bond acceptors (Lipinski definition) is 6. The number of benzene rings is 1. The number of amides is 1. The highest BCUT2D eigenvalue weighted by molar-refractivity contribution is 7.89. The molecule has 1 aliphatic rings. The molecule has 0 bridgehead atoms. The molecule has 9 heteroatoms. The SMILES string of the molecule is Cc1nnc(NC(=O)C2CCCN2S(=O)(=O)c2ccccc2)s1. The Kier molecular flexibility index (Phi) is 4.42. The van der Waals surface area contributed by atoms with Gasteiger partial charge in [-0.15, -0.1) is 10.2 Å². The summed E-state index contributed by atoms with van der Waals surface area (Å²) in [6.45, 7) is 2.12. The van der Waals surface area contributed by atoms with Crippen molar-refractivity contribution in [1.82, 2.24) is 14.5 Å². The summed E-state index contributed by atoms with van der Waals surface area (Å²) in [6.07, 6.45) is 1.15. The first-order chi connectivity index (χ1) is 11.0. The highest BCUT2D eigenvalue weighted by atomic mass is 32.2. The van der Waals surface area contributed by atoms with Gasteiger partial charge in [0.15, 0.2) is 0 Å². The van der Waals surface area contributed by atoms with E-state index in [2.05, 4.69) is 15.5 Å². The van der Waals surface area contributed by atoms with E-state index >= 15 is 0 Å². The average Bonchev–Trinajstić information content (AvgIpc) is 3.17. The number of rotatable bonds is 4. The highest BCUT2D eigenvalue weighted by Crippen LogP contribution is 2.27. The Bertz CT molecular complexity index is 804. The molecule has 1 fully saturated rings. The Labute approximate surface area is 138 Å². The van der Waals surface area contributed by atoms with Crippen molar-refractivity contribution in [2.24, 2.45) is 0 Å². The van der Waals surface area contributed by atoms with Crippen LogP contribution in [0.4, 0.5) is 5.13 Å². The number of nitrogens with zero attached hydrogens (tertiary/aromatic N) is 3. The second kappa shape index (κ2) is 6.34. The smallest absolute Gasteiger partial charge is 0.244 e. The standard InChI is InChI=1S/C14H16N4O3S2/c1-10-16-17-14(22-10)15-13(19)12-8-5-9-18(12)23(20,21)11-6-3-2-4-7-11/h2-4,6-7,12H,5,8-9H2,1H3,(H,15,17,19). The van der Waals surface area contributed by atoms with Crippen molar-refractivity contribution in [2.75, 3.05) is 11.9 Å². The van der Waals surface area contributed by atoms with Crippen LogP contribution in [0.3, 0.4) is 0 Å². The first kappa shape index (κ1) is 16.0. The fraction of sp³-hybridized carbons (Fsp3) is 0.357. The summed E-state index contributed by atoms with van der Waals surface area (Å²) in [5, 5.41) is 11.5. The molecule has 1 aromatic heterocycles. The fourth-order valence-electron chi connectivity index (χ4n) is 2.55. The Morgan fingerprint density at radius 2 is 2.04 bits per heavy atom. The Morgan fingerprint density at radius 1 is 1.30 bits per heavy atom. The van der Waals surface area contributed by atoms with Crippen LogP contribution in [0.15, 0.2) is 35.2 Å². The van der Waals surface area contributed by atoms with E-state index in [9.17, 15) is 13.2 Å². The number of carbonyl (C=O) groups is 1. The molecule has 1 aliphatic heterocycles. The van der Waals surface area contributed by atoms with Crippen molar-refractivity contribution < 1.29 is 13.2 Å². The van der Waals surface area contributed by atoms with Crippen molar-refractivity contribution in [1.29, 1.82) is 0 Å². The maximum atomic E-state index is 12.7. The van der Waals surface area contributed by atoms with Crippen LogP contribution in [-0.2, 0) is 14.8 Å². The highest BCUT2D eigenvalue weighted by Gasteiger charge is 2.39. The molecule has 7 nitrogen and oxygen atoms in total. The summed E-state index contributed by atoms with van der Waals surface area (Å²) in [7, 11) is -3.68. The molecule has 3 rings (SSSR count). The van der Waals surface area contributed by atoms with E-state index in [1.54, 1.807) is 25.1 Å². The molecule has 2 aromatic rings. The lowest BCUT2D eigenvalue weighted by atomic mass is 10.2. The molecule has 1 saturated heterocycles. The van der Waals surface area contributed by atoms with Crippen LogP contribution in [0.1, 0.15) is 17.8 Å². The minimum absolute atomic E-state index is 0.200. The number of carbonyl (C=O) groups excluding carboxylic acids is 1. The van der Waals surface area contributed by atoms with Gasteiger partial charge in [-0.1, -0.05) is 29.5 Å². The minimum Gasteiger partial charge on any atom is -0.299 e. The number of hydrogen-bond donors (Lipinski definition) is 1. The van der Waals surface area contributed by atoms with Gasteiger partial charge in [0.05, 0.1) is 4.90 Å². The maximum Gasteiger partial charge on any atom is 0.244 e. The van der Waals surface area contributed by atoms with E-state index in [0.717, 1.165) is 5.01 Å². The summed E-state index contributed by atoms with van der Waals surface area (Å²) in [4.78, 5) is 12.6. The number of aromatic nitrogens is 2. The molecule has 1 N–H and O–H groups in total. The molecule has 0 spiro atoms. The molecule has 0 aliphatic carbocycles. The van der Waals surface area contributed by atoms with Crippen molar-refractivity contribution in [2.45, 2.75) is 30.7 Å². The van der Waals surface area contributed by atoms with E-state index < -0.39 is 16.1 Å². The quantitative estimate of drug-likeness (QED) is 0.903. The van der Waals surface area contributed by atoms with Gasteiger partial charge in [-0.05, 0) is 31.9 Å². The number of sulfonamides is 1. The maximum absolute atomic E-state index is 12.7. The van der Waals surface area contributed by atoms with E-state index in [4.69, 9.17) is 0 Å². The zero-order chi connectivity index (χ0) is 16.4. The molecule has 1 aromatic carbocycles. The van der Waals surface area contributed by atoms with Gasteiger partial charge < -0.3 is 0 Å². The molecule has 2 heterocycles. The lowest BCUT2D eigenvalue weighted by Crippen LogP contribution is -2.43. The van der Waals surface area contributed by atoms with Crippen LogP contribution in [0.5, 0.6) is 0 Å². The zero-order valence-electron chi connectivity index (χ0n) is 12.5. The van der Waals surface area contributed by atoms with Crippen LogP contribution in [0.2, 0.25) is 0 Å². The van der Waals surface area contributed by atoms with E-state index in [1.807, 2.05) is 0 Å². The summed E-state index contributed by atoms with van der Waals surface area (Å²) in [6, 6.07) is 7.45. The molecular formula is C14H16N4O3S2. The van der Waals surface area contributed by atoms with Crippen molar-refractivity contribution in [3.05, 3.63) is 35.3 Å². The van der Waals surface area contributed by atoms with Gasteiger partial charge in [-0.3, -0.25) is 10.1 Å². The van der Waals surface area contributed by atoms with Gasteiger partial charge in [0.1, 0.15) is 11.0 Å². The first-order valence-corrected chi connectivity index (χ1v) is 9.42. The summed E-state index contributed by atoms with van der Waals surface area (Å²) < 4.78 is 26.7. The molecule has 23 heavy (non-hydrogen) atoms. The van der Waals surface area contributed by atoms with Crippen LogP contribution < -0.4 is 5.32 Å². The van der Waals surface area contributed by atoms with Gasteiger partial charge >= 0.3 is 0 Å². The van der Waals surface area contributed by atoms with E-state index in [1.165, 1.54) is 27.8 Å². The Hall–Kier alpha value is -1.84. The van der Waals surface area contributed by atoms with Gasteiger partial charge in [0.2, 0.25) is 21.1 Å². The largest absolute Gasteiger partial charge is 0.299 e. The second-order valence-corrected chi connectivity index (χ2v) is 8.27. The molecule has 1 unspecified atom stereocenters. The average molecular weight is 352 g/mol. The van der Waals surface area contributed by atoms with Crippen molar-refractivity contribution in [3.63, 3.8) is 0 Å². The third-order valence-electron chi connectivity index (χ3n) is 3.61. The van der Waals surface area contributed by atoms with Gasteiger partial charge in [-0.25, -0.2) is 8.42 Å². The topological polar surface area (TPSA) is 92.3 Å². The monoisotopic (exact) mass is 352 g/mol. The summed E-state index contributed by atoms with van der Waals surface area (Å²) in [5.74, 6) is -0.363. The number of nitrogens with one attached hydrogen (secondary N) is 1.